The summed E-state index contributed by atoms with van der Waals surface area (Å²) >= 11 is 6.05. The summed E-state index contributed by atoms with van der Waals surface area (Å²) in [5, 5.41) is 5.43. The summed E-state index contributed by atoms with van der Waals surface area (Å²) in [4.78, 5) is 45.1. The van der Waals surface area contributed by atoms with E-state index in [1.54, 1.807) is 24.2 Å². The Morgan fingerprint density at radius 1 is 1.41 bits per heavy atom. The van der Waals surface area contributed by atoms with E-state index in [1.165, 1.54) is 7.11 Å². The molecule has 0 radical (unpaired) electrons. The second kappa shape index (κ2) is 8.54. The Labute approximate surface area is 174 Å². The second-order valence-electron chi connectivity index (χ2n) is 7.72. The van der Waals surface area contributed by atoms with Crippen LogP contribution in [0.15, 0.2) is 18.5 Å². The van der Waals surface area contributed by atoms with Crippen molar-refractivity contribution in [2.24, 2.45) is 5.92 Å². The van der Waals surface area contributed by atoms with E-state index < -0.39 is 23.4 Å². The SMILES string of the molecule is COCC1(CC(C)C(=O)N2CCN(c3cncc(Cl)c3)[C@@H](C)C2)NC(=O)NC1=O. The summed E-state index contributed by atoms with van der Waals surface area (Å²) in [5.41, 5.74) is -0.296. The van der Waals surface area contributed by atoms with Crippen LogP contribution >= 0.6 is 11.6 Å². The van der Waals surface area contributed by atoms with Crippen LogP contribution in [0.3, 0.4) is 0 Å². The third-order valence-corrected chi connectivity index (χ3v) is 5.65. The molecule has 2 aliphatic heterocycles. The molecule has 29 heavy (non-hydrogen) atoms. The minimum atomic E-state index is -1.22. The molecule has 9 nitrogen and oxygen atoms in total. The van der Waals surface area contributed by atoms with Crippen molar-refractivity contribution in [3.63, 3.8) is 0 Å². The molecular weight excluding hydrogens is 398 g/mol. The molecule has 4 amide bonds. The Morgan fingerprint density at radius 3 is 2.76 bits per heavy atom. The number of carbonyl (C=O) groups excluding carboxylic acids is 3. The highest BCUT2D eigenvalue weighted by Gasteiger charge is 2.48. The first-order chi connectivity index (χ1) is 13.8. The Kier molecular flexibility index (Phi) is 6.28. The zero-order valence-corrected chi connectivity index (χ0v) is 17.5. The van der Waals surface area contributed by atoms with Gasteiger partial charge < -0.3 is 19.9 Å². The van der Waals surface area contributed by atoms with Crippen LogP contribution in [-0.2, 0) is 14.3 Å². The third kappa shape index (κ3) is 4.45. The average Bonchev–Trinajstić information content (AvgIpc) is 2.94. The Bertz CT molecular complexity index is 807. The van der Waals surface area contributed by atoms with Gasteiger partial charge in [-0.1, -0.05) is 18.5 Å². The summed E-state index contributed by atoms with van der Waals surface area (Å²) in [6.45, 7) is 5.58. The van der Waals surface area contributed by atoms with E-state index in [9.17, 15) is 14.4 Å². The average molecular weight is 424 g/mol. The topological polar surface area (TPSA) is 104 Å². The van der Waals surface area contributed by atoms with Gasteiger partial charge in [0.05, 0.1) is 23.5 Å². The first-order valence-electron chi connectivity index (χ1n) is 9.54. The summed E-state index contributed by atoms with van der Waals surface area (Å²) in [5.74, 6) is -0.971. The van der Waals surface area contributed by atoms with E-state index in [4.69, 9.17) is 16.3 Å². The van der Waals surface area contributed by atoms with Crippen molar-refractivity contribution in [3.8, 4) is 0 Å². The lowest BCUT2D eigenvalue weighted by atomic mass is 9.87. The summed E-state index contributed by atoms with van der Waals surface area (Å²) in [7, 11) is 1.46. The molecule has 0 bridgehead atoms. The van der Waals surface area contributed by atoms with Crippen LogP contribution < -0.4 is 15.5 Å². The van der Waals surface area contributed by atoms with Crippen molar-refractivity contribution in [2.75, 3.05) is 38.3 Å². The molecule has 0 aromatic carbocycles. The Balaban J connectivity index is 1.65. The van der Waals surface area contributed by atoms with Crippen LogP contribution in [0, 0.1) is 5.92 Å². The van der Waals surface area contributed by atoms with E-state index in [1.807, 2.05) is 13.0 Å². The number of pyridine rings is 1. The van der Waals surface area contributed by atoms with E-state index >= 15 is 0 Å². The number of hydrogen-bond acceptors (Lipinski definition) is 6. The van der Waals surface area contributed by atoms with Gasteiger partial charge in [-0.3, -0.25) is 19.9 Å². The van der Waals surface area contributed by atoms with Crippen molar-refractivity contribution >= 4 is 35.1 Å². The molecule has 2 N–H and O–H groups in total. The maximum atomic E-state index is 13.1. The highest BCUT2D eigenvalue weighted by molar-refractivity contribution is 6.30. The van der Waals surface area contributed by atoms with Gasteiger partial charge in [-0.2, -0.15) is 0 Å². The highest BCUT2D eigenvalue weighted by atomic mass is 35.5. The largest absolute Gasteiger partial charge is 0.382 e. The number of ether oxygens (including phenoxy) is 1. The maximum Gasteiger partial charge on any atom is 0.322 e. The lowest BCUT2D eigenvalue weighted by molar-refractivity contribution is -0.137. The van der Waals surface area contributed by atoms with Crippen molar-refractivity contribution < 1.29 is 19.1 Å². The van der Waals surface area contributed by atoms with E-state index in [-0.39, 0.29) is 25.0 Å². The van der Waals surface area contributed by atoms with Crippen LogP contribution in [0.1, 0.15) is 20.3 Å². The summed E-state index contributed by atoms with van der Waals surface area (Å²) in [6.07, 6.45) is 3.52. The molecule has 1 aromatic rings. The standard InChI is InChI=1S/C19H26ClN5O4/c1-12(7-19(11-29-3)17(27)22-18(28)23-19)16(26)24-4-5-25(13(2)10-24)15-6-14(20)8-21-9-15/h6,8-9,12-13H,4-5,7,10-11H2,1-3H3,(H2,22,23,27,28)/t12?,13-,19?/m0/s1. The zero-order valence-electron chi connectivity index (χ0n) is 16.8. The van der Waals surface area contributed by atoms with Crippen molar-refractivity contribution in [2.45, 2.75) is 31.8 Å². The number of hydrogen-bond donors (Lipinski definition) is 2. The molecule has 3 rings (SSSR count). The number of imide groups is 1. The van der Waals surface area contributed by atoms with Gasteiger partial charge in [-0.15, -0.1) is 0 Å². The number of amides is 4. The molecule has 158 valence electrons. The fourth-order valence-electron chi connectivity index (χ4n) is 4.10. The number of rotatable bonds is 6. The number of aromatic nitrogens is 1. The van der Waals surface area contributed by atoms with Gasteiger partial charge in [0.2, 0.25) is 5.91 Å². The number of methoxy groups -OCH3 is 1. The molecular formula is C19H26ClN5O4. The number of carbonyl (C=O) groups is 3. The molecule has 3 atom stereocenters. The molecule has 10 heteroatoms. The fourth-order valence-corrected chi connectivity index (χ4v) is 4.27. The van der Waals surface area contributed by atoms with Crippen LogP contribution in [0.2, 0.25) is 5.02 Å². The van der Waals surface area contributed by atoms with E-state index in [0.717, 1.165) is 5.69 Å². The number of nitrogens with zero attached hydrogens (tertiary/aromatic N) is 3. The third-order valence-electron chi connectivity index (χ3n) is 5.44. The molecule has 0 saturated carbocycles. The maximum absolute atomic E-state index is 13.1. The van der Waals surface area contributed by atoms with Crippen LogP contribution in [0.5, 0.6) is 0 Å². The van der Waals surface area contributed by atoms with Crippen molar-refractivity contribution in [1.82, 2.24) is 20.5 Å². The molecule has 2 aliphatic rings. The predicted octanol–water partition coefficient (Wildman–Crippen LogP) is 1.02. The molecule has 0 spiro atoms. The van der Waals surface area contributed by atoms with Gasteiger partial charge in [0.15, 0.2) is 0 Å². The number of piperazine rings is 1. The van der Waals surface area contributed by atoms with Crippen LogP contribution in [-0.4, -0.2) is 72.7 Å². The van der Waals surface area contributed by atoms with E-state index in [2.05, 4.69) is 20.5 Å². The smallest absolute Gasteiger partial charge is 0.322 e. The fraction of sp³-hybridized carbons (Fsp3) is 0.579. The van der Waals surface area contributed by atoms with Gasteiger partial charge in [-0.05, 0) is 19.4 Å². The summed E-state index contributed by atoms with van der Waals surface area (Å²) < 4.78 is 5.14. The number of urea groups is 1. The van der Waals surface area contributed by atoms with Crippen molar-refractivity contribution in [3.05, 3.63) is 23.5 Å². The van der Waals surface area contributed by atoms with Crippen LogP contribution in [0.25, 0.3) is 0 Å². The lowest BCUT2D eigenvalue weighted by Gasteiger charge is -2.42. The van der Waals surface area contributed by atoms with Gasteiger partial charge in [0.1, 0.15) is 5.54 Å². The normalized spacial score (nSPS) is 25.6. The van der Waals surface area contributed by atoms with Crippen molar-refractivity contribution in [1.29, 1.82) is 0 Å². The molecule has 1 aromatic heterocycles. The first kappa shape index (κ1) is 21.3. The monoisotopic (exact) mass is 423 g/mol. The van der Waals surface area contributed by atoms with Gasteiger partial charge >= 0.3 is 6.03 Å². The van der Waals surface area contributed by atoms with Crippen LogP contribution in [0.4, 0.5) is 10.5 Å². The number of halogens is 1. The molecule has 3 heterocycles. The Hall–Kier alpha value is -2.39. The minimum Gasteiger partial charge on any atom is -0.382 e. The molecule has 2 unspecified atom stereocenters. The molecule has 0 aliphatic carbocycles. The zero-order chi connectivity index (χ0) is 21.2. The van der Waals surface area contributed by atoms with Gasteiger partial charge in [0.25, 0.3) is 5.91 Å². The lowest BCUT2D eigenvalue weighted by Crippen LogP contribution is -2.57. The van der Waals surface area contributed by atoms with Gasteiger partial charge in [-0.25, -0.2) is 4.79 Å². The highest BCUT2D eigenvalue weighted by Crippen LogP contribution is 2.26. The second-order valence-corrected chi connectivity index (χ2v) is 8.15. The van der Waals surface area contributed by atoms with E-state index in [0.29, 0.717) is 24.7 Å². The summed E-state index contributed by atoms with van der Waals surface area (Å²) in [6, 6.07) is 1.38. The number of anilines is 1. The number of nitrogens with one attached hydrogen (secondary N) is 2. The molecule has 2 fully saturated rings. The molecule has 2 saturated heterocycles. The van der Waals surface area contributed by atoms with Gasteiger partial charge in [0, 0.05) is 44.9 Å². The predicted molar refractivity (Wildman–Crippen MR) is 108 cm³/mol. The quantitative estimate of drug-likeness (QED) is 0.662. The Morgan fingerprint density at radius 2 is 2.17 bits per heavy atom. The minimum absolute atomic E-state index is 0.00808. The first-order valence-corrected chi connectivity index (χ1v) is 9.92.